The van der Waals surface area contributed by atoms with Crippen LogP contribution in [0.1, 0.15) is 57.2 Å². The minimum Gasteiger partial charge on any atom is -0.354 e. The van der Waals surface area contributed by atoms with Crippen molar-refractivity contribution in [3.8, 4) is 0 Å². The highest BCUT2D eigenvalue weighted by molar-refractivity contribution is 5.85. The predicted molar refractivity (Wildman–Crippen MR) is 91.7 cm³/mol. The summed E-state index contributed by atoms with van der Waals surface area (Å²) in [6.07, 6.45) is 3.21. The van der Waals surface area contributed by atoms with E-state index >= 15 is 0 Å². The van der Waals surface area contributed by atoms with E-state index in [1.807, 2.05) is 31.2 Å². The smallest absolute Gasteiger partial charge is 0.241 e. The zero-order chi connectivity index (χ0) is 15.2. The first-order valence-corrected chi connectivity index (χ1v) is 7.58. The van der Waals surface area contributed by atoms with E-state index in [2.05, 4.69) is 26.1 Å². The molecule has 0 saturated carbocycles. The Balaban J connectivity index is 0.00000400. The van der Waals surface area contributed by atoms with Gasteiger partial charge in [-0.3, -0.25) is 4.79 Å². The van der Waals surface area contributed by atoms with Crippen molar-refractivity contribution in [2.75, 3.05) is 6.54 Å². The Bertz CT molecular complexity index is 419. The molecule has 1 aromatic rings. The maximum Gasteiger partial charge on any atom is 0.241 e. The molecule has 1 atom stereocenters. The Labute approximate surface area is 135 Å². The van der Waals surface area contributed by atoms with E-state index < -0.39 is 6.04 Å². The molecule has 1 rings (SSSR count). The number of nitrogens with one attached hydrogen (secondary N) is 1. The van der Waals surface area contributed by atoms with E-state index in [0.717, 1.165) is 24.8 Å². The van der Waals surface area contributed by atoms with Gasteiger partial charge in [-0.25, -0.2) is 0 Å². The summed E-state index contributed by atoms with van der Waals surface area (Å²) in [7, 11) is 0. The Morgan fingerprint density at radius 1 is 1.14 bits per heavy atom. The monoisotopic (exact) mass is 312 g/mol. The van der Waals surface area contributed by atoms with Gasteiger partial charge < -0.3 is 11.1 Å². The molecular weight excluding hydrogens is 284 g/mol. The lowest BCUT2D eigenvalue weighted by Gasteiger charge is -2.31. The fourth-order valence-electron chi connectivity index (χ4n) is 2.43. The number of benzene rings is 1. The third kappa shape index (κ3) is 5.33. The maximum atomic E-state index is 12.2. The third-order valence-corrected chi connectivity index (χ3v) is 4.61. The van der Waals surface area contributed by atoms with Gasteiger partial charge >= 0.3 is 0 Å². The normalized spacial score (nSPS) is 12.4. The largest absolute Gasteiger partial charge is 0.354 e. The first-order valence-electron chi connectivity index (χ1n) is 7.58. The first kappa shape index (κ1) is 19.9. The van der Waals surface area contributed by atoms with Crippen LogP contribution in [-0.2, 0) is 4.79 Å². The van der Waals surface area contributed by atoms with Crippen LogP contribution in [-0.4, -0.2) is 12.5 Å². The van der Waals surface area contributed by atoms with Gasteiger partial charge in [0.1, 0.15) is 6.04 Å². The molecule has 0 aromatic heterocycles. The zero-order valence-corrected chi connectivity index (χ0v) is 14.4. The summed E-state index contributed by atoms with van der Waals surface area (Å²) >= 11 is 0. The van der Waals surface area contributed by atoms with Crippen LogP contribution in [0.5, 0.6) is 0 Å². The lowest BCUT2D eigenvalue weighted by atomic mass is 9.80. The Kier molecular flexibility index (Phi) is 8.60. The molecule has 0 saturated heterocycles. The molecule has 1 unspecified atom stereocenters. The predicted octanol–water partition coefficient (Wildman–Crippen LogP) is 3.75. The summed E-state index contributed by atoms with van der Waals surface area (Å²) in [5, 5.41) is 3.03. The lowest BCUT2D eigenvalue weighted by molar-refractivity contribution is -0.123. The summed E-state index contributed by atoms with van der Waals surface area (Å²) in [5.41, 5.74) is 8.26. The van der Waals surface area contributed by atoms with Gasteiger partial charge in [0, 0.05) is 6.54 Å². The van der Waals surface area contributed by atoms with Crippen LogP contribution in [0.2, 0.25) is 0 Å². The van der Waals surface area contributed by atoms with E-state index in [0.29, 0.717) is 6.54 Å². The van der Waals surface area contributed by atoms with Crippen molar-refractivity contribution in [1.82, 2.24) is 5.32 Å². The zero-order valence-electron chi connectivity index (χ0n) is 13.6. The lowest BCUT2D eigenvalue weighted by Crippen LogP contribution is -2.41. The molecule has 0 aliphatic carbocycles. The second-order valence-corrected chi connectivity index (χ2v) is 5.67. The van der Waals surface area contributed by atoms with E-state index in [-0.39, 0.29) is 23.7 Å². The van der Waals surface area contributed by atoms with Crippen molar-refractivity contribution in [3.05, 3.63) is 35.4 Å². The minimum atomic E-state index is -0.584. The van der Waals surface area contributed by atoms with Crippen LogP contribution in [0, 0.1) is 12.3 Å². The molecule has 0 heterocycles. The van der Waals surface area contributed by atoms with Gasteiger partial charge in [0.05, 0.1) is 0 Å². The number of rotatable bonds is 7. The maximum absolute atomic E-state index is 12.2. The van der Waals surface area contributed by atoms with E-state index in [1.165, 1.54) is 5.56 Å². The second-order valence-electron chi connectivity index (χ2n) is 5.67. The summed E-state index contributed by atoms with van der Waals surface area (Å²) < 4.78 is 0. The average Bonchev–Trinajstić information content (AvgIpc) is 2.49. The average molecular weight is 313 g/mol. The molecule has 0 fully saturated rings. The van der Waals surface area contributed by atoms with Crippen molar-refractivity contribution in [2.24, 2.45) is 11.1 Å². The molecule has 1 amide bonds. The van der Waals surface area contributed by atoms with Crippen LogP contribution in [0.4, 0.5) is 0 Å². The Hall–Kier alpha value is -1.06. The number of hydrogen-bond donors (Lipinski definition) is 2. The Morgan fingerprint density at radius 3 is 2.05 bits per heavy atom. The van der Waals surface area contributed by atoms with Gasteiger partial charge in [-0.1, -0.05) is 50.6 Å². The SMILES string of the molecule is CCC(CC)(CC)CNC(=O)C(N)c1ccc(C)cc1.Cl. The number of carbonyl (C=O) groups is 1. The third-order valence-electron chi connectivity index (χ3n) is 4.61. The second kappa shape index (κ2) is 9.06. The van der Waals surface area contributed by atoms with Crippen molar-refractivity contribution in [3.63, 3.8) is 0 Å². The van der Waals surface area contributed by atoms with E-state index in [4.69, 9.17) is 5.73 Å². The molecule has 0 aliphatic heterocycles. The Morgan fingerprint density at radius 2 is 1.62 bits per heavy atom. The molecule has 21 heavy (non-hydrogen) atoms. The van der Waals surface area contributed by atoms with Gasteiger partial charge in [-0.2, -0.15) is 0 Å². The van der Waals surface area contributed by atoms with Gasteiger partial charge in [-0.05, 0) is 37.2 Å². The fourth-order valence-corrected chi connectivity index (χ4v) is 2.43. The van der Waals surface area contributed by atoms with Crippen molar-refractivity contribution in [1.29, 1.82) is 0 Å². The quantitative estimate of drug-likeness (QED) is 0.805. The van der Waals surface area contributed by atoms with Crippen LogP contribution in [0.3, 0.4) is 0 Å². The summed E-state index contributed by atoms with van der Waals surface area (Å²) in [6, 6.07) is 7.23. The van der Waals surface area contributed by atoms with Crippen molar-refractivity contribution in [2.45, 2.75) is 53.0 Å². The molecular formula is C17H29ClN2O. The fraction of sp³-hybridized carbons (Fsp3) is 0.588. The topological polar surface area (TPSA) is 55.1 Å². The van der Waals surface area contributed by atoms with Gasteiger partial charge in [0.15, 0.2) is 0 Å². The summed E-state index contributed by atoms with van der Waals surface area (Å²) in [4.78, 5) is 12.2. The highest BCUT2D eigenvalue weighted by Gasteiger charge is 2.25. The standard InChI is InChI=1S/C17H28N2O.ClH/c1-5-17(6-2,7-3)12-19-16(20)15(18)14-10-8-13(4)9-11-14;/h8-11,15H,5-7,12,18H2,1-4H3,(H,19,20);1H. The van der Waals surface area contributed by atoms with Crippen LogP contribution < -0.4 is 11.1 Å². The molecule has 0 bridgehead atoms. The number of hydrogen-bond acceptors (Lipinski definition) is 2. The minimum absolute atomic E-state index is 0. The highest BCUT2D eigenvalue weighted by Crippen LogP contribution is 2.29. The molecule has 0 aliphatic rings. The van der Waals surface area contributed by atoms with Crippen molar-refractivity contribution < 1.29 is 4.79 Å². The van der Waals surface area contributed by atoms with Gasteiger partial charge in [0.2, 0.25) is 5.91 Å². The van der Waals surface area contributed by atoms with Crippen molar-refractivity contribution >= 4 is 18.3 Å². The van der Waals surface area contributed by atoms with Gasteiger partial charge in [0.25, 0.3) is 0 Å². The summed E-state index contributed by atoms with van der Waals surface area (Å²) in [6.45, 7) is 9.26. The number of carbonyl (C=O) groups excluding carboxylic acids is 1. The number of halogens is 1. The first-order chi connectivity index (χ1) is 9.48. The molecule has 120 valence electrons. The highest BCUT2D eigenvalue weighted by atomic mass is 35.5. The van der Waals surface area contributed by atoms with Gasteiger partial charge in [-0.15, -0.1) is 12.4 Å². The van der Waals surface area contributed by atoms with E-state index in [9.17, 15) is 4.79 Å². The van der Waals surface area contributed by atoms with Crippen LogP contribution >= 0.6 is 12.4 Å². The van der Waals surface area contributed by atoms with Crippen LogP contribution in [0.15, 0.2) is 24.3 Å². The number of nitrogens with two attached hydrogens (primary N) is 1. The molecule has 0 radical (unpaired) electrons. The molecule has 3 nitrogen and oxygen atoms in total. The molecule has 1 aromatic carbocycles. The van der Waals surface area contributed by atoms with E-state index in [1.54, 1.807) is 0 Å². The molecule has 4 heteroatoms. The number of aryl methyl sites for hydroxylation is 1. The molecule has 0 spiro atoms. The number of amides is 1. The summed E-state index contributed by atoms with van der Waals surface area (Å²) in [5.74, 6) is -0.0893. The molecule has 3 N–H and O–H groups in total. The van der Waals surface area contributed by atoms with Crippen LogP contribution in [0.25, 0.3) is 0 Å².